The Morgan fingerprint density at radius 3 is 2.63 bits per heavy atom. The first kappa shape index (κ1) is 19.8. The summed E-state index contributed by atoms with van der Waals surface area (Å²) in [6.07, 6.45) is 5.36. The van der Waals surface area contributed by atoms with Gasteiger partial charge in [-0.25, -0.2) is 15.0 Å². The van der Waals surface area contributed by atoms with Crippen molar-refractivity contribution in [3.05, 3.63) is 41.7 Å². The molecule has 1 saturated carbocycles. The highest BCUT2D eigenvalue weighted by atomic mass is 19.3. The highest BCUT2D eigenvalue weighted by Gasteiger charge is 2.39. The Bertz CT molecular complexity index is 1190. The molecule has 0 bridgehead atoms. The fourth-order valence-electron chi connectivity index (χ4n) is 3.33. The van der Waals surface area contributed by atoms with Crippen LogP contribution in [-0.4, -0.2) is 32.5 Å². The molecule has 0 saturated heterocycles. The summed E-state index contributed by atoms with van der Waals surface area (Å²) in [5, 5.41) is 7.25. The fourth-order valence-corrected chi connectivity index (χ4v) is 3.33. The Morgan fingerprint density at radius 2 is 1.97 bits per heavy atom. The molecule has 0 aromatic carbocycles. The van der Waals surface area contributed by atoms with E-state index in [4.69, 9.17) is 0 Å². The average molecular weight is 410 g/mol. The topological polar surface area (TPSA) is 84.7 Å². The van der Waals surface area contributed by atoms with Gasteiger partial charge in [0.05, 0.1) is 11.8 Å². The third kappa shape index (κ3) is 3.68. The van der Waals surface area contributed by atoms with E-state index in [1.165, 1.54) is 13.1 Å². The predicted octanol–water partition coefficient (Wildman–Crippen LogP) is 3.57. The van der Waals surface area contributed by atoms with E-state index < -0.39 is 6.55 Å². The molecule has 1 aliphatic rings. The van der Waals surface area contributed by atoms with Gasteiger partial charge < -0.3 is 10.6 Å². The third-order valence-electron chi connectivity index (χ3n) is 5.21. The van der Waals surface area contributed by atoms with Crippen LogP contribution in [0.25, 0.3) is 10.8 Å². The van der Waals surface area contributed by atoms with Crippen molar-refractivity contribution in [2.45, 2.75) is 26.8 Å². The highest BCUT2D eigenvalue weighted by Crippen LogP contribution is 2.38. The lowest BCUT2D eigenvalue weighted by molar-refractivity contribution is -0.117. The molecule has 2 unspecified atom stereocenters. The maximum atomic E-state index is 13.3. The Balaban J connectivity index is 1.74. The second-order valence-corrected chi connectivity index (χ2v) is 7.28. The van der Waals surface area contributed by atoms with Crippen molar-refractivity contribution in [3.8, 4) is 11.8 Å². The second-order valence-electron chi connectivity index (χ2n) is 7.28. The molecule has 7 nitrogen and oxygen atoms in total. The van der Waals surface area contributed by atoms with Gasteiger partial charge in [-0.1, -0.05) is 12.8 Å². The van der Waals surface area contributed by atoms with Crippen molar-refractivity contribution >= 4 is 28.3 Å². The number of nitrogens with zero attached hydrogens (tertiary/aromatic N) is 4. The van der Waals surface area contributed by atoms with Gasteiger partial charge in [0.25, 0.3) is 0 Å². The van der Waals surface area contributed by atoms with Gasteiger partial charge in [0, 0.05) is 36.1 Å². The zero-order valence-electron chi connectivity index (χ0n) is 16.7. The number of amides is 1. The van der Waals surface area contributed by atoms with E-state index in [0.29, 0.717) is 33.9 Å². The predicted molar refractivity (Wildman–Crippen MR) is 109 cm³/mol. The van der Waals surface area contributed by atoms with Crippen molar-refractivity contribution in [2.75, 3.05) is 17.7 Å². The Morgan fingerprint density at radius 1 is 1.20 bits per heavy atom. The number of anilines is 2. The van der Waals surface area contributed by atoms with E-state index in [1.54, 1.807) is 25.5 Å². The summed E-state index contributed by atoms with van der Waals surface area (Å²) in [4.78, 5) is 24.8. The van der Waals surface area contributed by atoms with Crippen LogP contribution in [0.1, 0.15) is 37.0 Å². The molecular weight excluding hydrogens is 390 g/mol. The number of imidazole rings is 1. The number of nitrogens with one attached hydrogen (secondary N) is 2. The standard InChI is InChI=1S/C21H20F2N6O/c1-11-6-15(11)20(30)28-18-7-16-13(8-27-19(24-3)17(16)10-26-18)4-5-14-9-25-12(2)29(14)21(22)23/h7-11,15,21H,6H2,1-3H3,(H,24,27)(H,26,28,30). The molecule has 3 heterocycles. The summed E-state index contributed by atoms with van der Waals surface area (Å²) in [5.41, 5.74) is 0.639. The highest BCUT2D eigenvalue weighted by molar-refractivity contribution is 5.99. The summed E-state index contributed by atoms with van der Waals surface area (Å²) >= 11 is 0. The van der Waals surface area contributed by atoms with Gasteiger partial charge in [0.15, 0.2) is 0 Å². The van der Waals surface area contributed by atoms with Gasteiger partial charge in [-0.05, 0) is 31.2 Å². The fraction of sp³-hybridized carbons (Fsp3) is 0.333. The summed E-state index contributed by atoms with van der Waals surface area (Å²) in [6.45, 7) is 0.800. The van der Waals surface area contributed by atoms with E-state index in [9.17, 15) is 13.6 Å². The molecule has 0 spiro atoms. The number of hydrogen-bond acceptors (Lipinski definition) is 5. The molecule has 2 atom stereocenters. The first-order valence-corrected chi connectivity index (χ1v) is 9.50. The Kier molecular flexibility index (Phi) is 5.08. The number of hydrogen-bond donors (Lipinski definition) is 2. The summed E-state index contributed by atoms with van der Waals surface area (Å²) in [5.74, 6) is 7.22. The molecule has 0 aliphatic heterocycles. The van der Waals surface area contributed by atoms with Crippen molar-refractivity contribution in [1.82, 2.24) is 19.5 Å². The quantitative estimate of drug-likeness (QED) is 0.643. The molecule has 2 N–H and O–H groups in total. The minimum atomic E-state index is -2.73. The molecule has 3 aromatic rings. The van der Waals surface area contributed by atoms with Gasteiger partial charge >= 0.3 is 6.55 Å². The summed E-state index contributed by atoms with van der Waals surface area (Å²) in [6, 6.07) is 1.72. The van der Waals surface area contributed by atoms with Crippen LogP contribution in [-0.2, 0) is 4.79 Å². The van der Waals surface area contributed by atoms with E-state index in [2.05, 4.69) is 37.4 Å². The number of fused-ring (bicyclic) bond motifs is 1. The minimum absolute atomic E-state index is 0.0185. The number of alkyl halides is 2. The van der Waals surface area contributed by atoms with Crippen molar-refractivity contribution in [3.63, 3.8) is 0 Å². The van der Waals surface area contributed by atoms with E-state index >= 15 is 0 Å². The van der Waals surface area contributed by atoms with Crippen molar-refractivity contribution in [1.29, 1.82) is 0 Å². The van der Waals surface area contributed by atoms with E-state index in [-0.39, 0.29) is 23.3 Å². The monoisotopic (exact) mass is 410 g/mol. The van der Waals surface area contributed by atoms with Crippen molar-refractivity contribution in [2.24, 2.45) is 11.8 Å². The lowest BCUT2D eigenvalue weighted by Gasteiger charge is -2.09. The number of aryl methyl sites for hydroxylation is 1. The molecule has 1 aliphatic carbocycles. The van der Waals surface area contributed by atoms with Crippen LogP contribution < -0.4 is 10.6 Å². The molecule has 0 radical (unpaired) electrons. The lowest BCUT2D eigenvalue weighted by atomic mass is 10.1. The summed E-state index contributed by atoms with van der Waals surface area (Å²) < 4.78 is 27.3. The molecule has 9 heteroatoms. The molecular formula is C21H20F2N6O. The van der Waals surface area contributed by atoms with Crippen LogP contribution in [0.5, 0.6) is 0 Å². The van der Waals surface area contributed by atoms with Gasteiger partial charge in [-0.3, -0.25) is 9.36 Å². The van der Waals surface area contributed by atoms with E-state index in [0.717, 1.165) is 11.0 Å². The second kappa shape index (κ2) is 7.71. The van der Waals surface area contributed by atoms with Crippen molar-refractivity contribution < 1.29 is 13.6 Å². The number of carbonyl (C=O) groups excluding carboxylic acids is 1. The van der Waals surface area contributed by atoms with Gasteiger partial charge in [-0.2, -0.15) is 8.78 Å². The summed E-state index contributed by atoms with van der Waals surface area (Å²) in [7, 11) is 1.74. The van der Waals surface area contributed by atoms with Crippen LogP contribution >= 0.6 is 0 Å². The first-order chi connectivity index (χ1) is 14.4. The molecule has 4 rings (SSSR count). The molecule has 30 heavy (non-hydrogen) atoms. The molecule has 1 amide bonds. The van der Waals surface area contributed by atoms with Crippen LogP contribution in [0.4, 0.5) is 20.4 Å². The third-order valence-corrected chi connectivity index (χ3v) is 5.21. The zero-order valence-corrected chi connectivity index (χ0v) is 16.7. The van der Waals surface area contributed by atoms with Gasteiger partial charge in [0.1, 0.15) is 23.2 Å². The number of pyridine rings is 2. The Hall–Kier alpha value is -3.54. The minimum Gasteiger partial charge on any atom is -0.373 e. The number of halogens is 2. The van der Waals surface area contributed by atoms with Crippen LogP contribution in [0.15, 0.2) is 24.7 Å². The largest absolute Gasteiger partial charge is 0.373 e. The molecule has 3 aromatic heterocycles. The first-order valence-electron chi connectivity index (χ1n) is 9.50. The smallest absolute Gasteiger partial charge is 0.320 e. The van der Waals surface area contributed by atoms with E-state index in [1.807, 2.05) is 6.92 Å². The lowest BCUT2D eigenvalue weighted by Crippen LogP contribution is -2.15. The number of rotatable bonds is 4. The maximum absolute atomic E-state index is 13.3. The van der Waals surface area contributed by atoms with Crippen LogP contribution in [0.3, 0.4) is 0 Å². The number of carbonyl (C=O) groups is 1. The van der Waals surface area contributed by atoms with Crippen LogP contribution in [0, 0.1) is 30.6 Å². The van der Waals surface area contributed by atoms with Gasteiger partial charge in [0.2, 0.25) is 5.91 Å². The van der Waals surface area contributed by atoms with Gasteiger partial charge in [-0.15, -0.1) is 0 Å². The number of aromatic nitrogens is 4. The molecule has 154 valence electrons. The maximum Gasteiger partial charge on any atom is 0.320 e. The molecule has 1 fully saturated rings. The SMILES string of the molecule is CNc1ncc(C#Cc2cnc(C)n2C(F)F)c2cc(NC(=O)C3CC3C)ncc12. The zero-order chi connectivity index (χ0) is 21.4. The van der Waals surface area contributed by atoms with Crippen LogP contribution in [0.2, 0.25) is 0 Å². The average Bonchev–Trinajstić information content (AvgIpc) is 3.34. The Labute approximate surface area is 171 Å². The normalized spacial score (nSPS) is 17.5.